The van der Waals surface area contributed by atoms with Crippen LogP contribution in [-0.2, 0) is 27.1 Å². The van der Waals surface area contributed by atoms with Crippen LogP contribution in [0.4, 0.5) is 0 Å². The molecule has 0 bridgehead atoms. The van der Waals surface area contributed by atoms with Crippen molar-refractivity contribution >= 4 is 16.9 Å². The second-order valence-electron chi connectivity index (χ2n) is 6.34. The molecule has 1 atom stereocenters. The molecule has 1 heterocycles. The quantitative estimate of drug-likeness (QED) is 0.429. The van der Waals surface area contributed by atoms with Crippen molar-refractivity contribution < 1.29 is 23.4 Å². The first-order valence-corrected chi connectivity index (χ1v) is 9.09. The Hall–Kier alpha value is -2.34. The van der Waals surface area contributed by atoms with Gasteiger partial charge in [0, 0.05) is 23.6 Å². The van der Waals surface area contributed by atoms with Crippen molar-refractivity contribution in [2.24, 2.45) is 0 Å². The van der Waals surface area contributed by atoms with Gasteiger partial charge in [0.1, 0.15) is 17.9 Å². The molecule has 0 unspecified atom stereocenters. The minimum absolute atomic E-state index is 0.194. The summed E-state index contributed by atoms with van der Waals surface area (Å²) in [6.45, 7) is 4.63. The molecule has 26 heavy (non-hydrogen) atoms. The van der Waals surface area contributed by atoms with Crippen molar-refractivity contribution in [3.63, 3.8) is 0 Å². The lowest BCUT2D eigenvalue weighted by atomic mass is 9.91. The van der Waals surface area contributed by atoms with Crippen LogP contribution in [0.3, 0.4) is 0 Å². The summed E-state index contributed by atoms with van der Waals surface area (Å²) < 4.78 is 21.3. The first-order chi connectivity index (χ1) is 12.6. The summed E-state index contributed by atoms with van der Waals surface area (Å²) in [5, 5.41) is 0.943. The van der Waals surface area contributed by atoms with Crippen molar-refractivity contribution in [2.75, 3.05) is 19.8 Å². The molecular weight excluding hydrogens is 336 g/mol. The van der Waals surface area contributed by atoms with Crippen LogP contribution in [-0.4, -0.2) is 31.9 Å². The zero-order valence-electron chi connectivity index (χ0n) is 15.2. The van der Waals surface area contributed by atoms with Gasteiger partial charge in [0.25, 0.3) is 0 Å². The number of hydrogen-bond donors (Lipinski definition) is 0. The van der Waals surface area contributed by atoms with E-state index in [0.29, 0.717) is 24.5 Å². The molecule has 1 aliphatic rings. The van der Waals surface area contributed by atoms with E-state index in [0.717, 1.165) is 42.2 Å². The molecule has 0 saturated heterocycles. The first-order valence-electron chi connectivity index (χ1n) is 9.09. The van der Waals surface area contributed by atoms with Crippen molar-refractivity contribution in [3.05, 3.63) is 39.7 Å². The third-order valence-corrected chi connectivity index (χ3v) is 4.52. The fraction of sp³-hybridized carbons (Fsp3) is 0.500. The summed E-state index contributed by atoms with van der Waals surface area (Å²) in [5.41, 5.74) is 2.10. The van der Waals surface area contributed by atoms with E-state index in [1.54, 1.807) is 19.1 Å². The number of hydrogen-bond acceptors (Lipinski definition) is 6. The minimum Gasteiger partial charge on any atom is -0.479 e. The second kappa shape index (κ2) is 8.36. The van der Waals surface area contributed by atoms with Gasteiger partial charge in [-0.1, -0.05) is 0 Å². The van der Waals surface area contributed by atoms with Crippen LogP contribution in [0.2, 0.25) is 0 Å². The Kier molecular flexibility index (Phi) is 5.93. The van der Waals surface area contributed by atoms with Crippen LogP contribution in [0.15, 0.2) is 27.4 Å². The summed E-state index contributed by atoms with van der Waals surface area (Å²) >= 11 is 0. The minimum atomic E-state index is -0.765. The van der Waals surface area contributed by atoms with Gasteiger partial charge in [-0.3, -0.25) is 0 Å². The summed E-state index contributed by atoms with van der Waals surface area (Å²) in [4.78, 5) is 24.1. The third kappa shape index (κ3) is 4.07. The molecule has 0 N–H and O–H groups in total. The molecule has 0 radical (unpaired) electrons. The van der Waals surface area contributed by atoms with Gasteiger partial charge in [0.2, 0.25) is 0 Å². The number of aryl methyl sites for hydroxylation is 1. The molecule has 2 aromatic rings. The van der Waals surface area contributed by atoms with Crippen molar-refractivity contribution in [3.8, 4) is 5.75 Å². The van der Waals surface area contributed by atoms with Crippen LogP contribution >= 0.6 is 0 Å². The van der Waals surface area contributed by atoms with E-state index in [1.165, 1.54) is 0 Å². The largest absolute Gasteiger partial charge is 0.479 e. The second-order valence-corrected chi connectivity index (χ2v) is 6.34. The smallest absolute Gasteiger partial charge is 0.347 e. The van der Waals surface area contributed by atoms with E-state index >= 15 is 0 Å². The highest BCUT2D eigenvalue weighted by Crippen LogP contribution is 2.29. The van der Waals surface area contributed by atoms with Crippen molar-refractivity contribution in [1.82, 2.24) is 0 Å². The fourth-order valence-electron chi connectivity index (χ4n) is 3.21. The highest BCUT2D eigenvalue weighted by Gasteiger charge is 2.20. The lowest BCUT2D eigenvalue weighted by Gasteiger charge is -2.17. The average molecular weight is 360 g/mol. The number of rotatable bonds is 7. The molecule has 140 valence electrons. The van der Waals surface area contributed by atoms with E-state index in [9.17, 15) is 9.59 Å². The molecule has 3 rings (SSSR count). The van der Waals surface area contributed by atoms with Crippen LogP contribution < -0.4 is 10.4 Å². The van der Waals surface area contributed by atoms with Crippen LogP contribution in [0, 0.1) is 0 Å². The van der Waals surface area contributed by atoms with E-state index in [-0.39, 0.29) is 12.2 Å². The van der Waals surface area contributed by atoms with Gasteiger partial charge >= 0.3 is 11.6 Å². The lowest BCUT2D eigenvalue weighted by Crippen LogP contribution is -2.27. The van der Waals surface area contributed by atoms with Crippen LogP contribution in [0.25, 0.3) is 11.0 Å². The number of fused-ring (bicyclic) bond motifs is 3. The molecule has 0 aliphatic heterocycles. The van der Waals surface area contributed by atoms with Gasteiger partial charge in [-0.15, -0.1) is 0 Å². The van der Waals surface area contributed by atoms with Crippen molar-refractivity contribution in [2.45, 2.75) is 45.6 Å². The molecule has 0 spiro atoms. The molecule has 1 aromatic carbocycles. The predicted octanol–water partition coefficient (Wildman–Crippen LogP) is 3.02. The zero-order chi connectivity index (χ0) is 18.5. The SMILES string of the molecule is CCOCCOC(=O)[C@@H](C)Oc1ccc2c3c(c(=O)oc2c1)CCCC3. The molecule has 1 aromatic heterocycles. The summed E-state index contributed by atoms with van der Waals surface area (Å²) in [5.74, 6) is 0.00219. The number of ether oxygens (including phenoxy) is 3. The van der Waals surface area contributed by atoms with Gasteiger partial charge in [-0.2, -0.15) is 0 Å². The topological polar surface area (TPSA) is 75.0 Å². The Morgan fingerprint density at radius 2 is 1.96 bits per heavy atom. The maximum atomic E-state index is 12.2. The molecule has 0 amide bonds. The molecule has 0 fully saturated rings. The van der Waals surface area contributed by atoms with Crippen LogP contribution in [0.5, 0.6) is 5.75 Å². The van der Waals surface area contributed by atoms with E-state index in [1.807, 2.05) is 13.0 Å². The predicted molar refractivity (Wildman–Crippen MR) is 96.7 cm³/mol. The molecule has 6 nitrogen and oxygen atoms in total. The number of esters is 1. The lowest BCUT2D eigenvalue weighted by molar-refractivity contribution is -0.152. The normalized spacial score (nSPS) is 14.7. The molecular formula is C20H24O6. The highest BCUT2D eigenvalue weighted by molar-refractivity contribution is 5.83. The van der Waals surface area contributed by atoms with E-state index < -0.39 is 12.1 Å². The highest BCUT2D eigenvalue weighted by atomic mass is 16.6. The Morgan fingerprint density at radius 3 is 2.73 bits per heavy atom. The van der Waals surface area contributed by atoms with Gasteiger partial charge in [0.05, 0.1) is 6.61 Å². The van der Waals surface area contributed by atoms with Crippen molar-refractivity contribution in [1.29, 1.82) is 0 Å². The molecule has 1 aliphatic carbocycles. The molecule has 6 heteroatoms. The third-order valence-electron chi connectivity index (χ3n) is 4.52. The Balaban J connectivity index is 1.73. The summed E-state index contributed by atoms with van der Waals surface area (Å²) in [6.07, 6.45) is 3.00. The summed E-state index contributed by atoms with van der Waals surface area (Å²) in [6, 6.07) is 5.35. The molecule has 0 saturated carbocycles. The zero-order valence-corrected chi connectivity index (χ0v) is 15.2. The Morgan fingerprint density at radius 1 is 1.19 bits per heavy atom. The standard InChI is InChI=1S/C20H24O6/c1-3-23-10-11-24-19(21)13(2)25-14-8-9-16-15-6-4-5-7-17(15)20(22)26-18(16)12-14/h8-9,12-13H,3-7,10-11H2,1-2H3/t13-/m1/s1. The van der Waals surface area contributed by atoms with Gasteiger partial charge in [0.15, 0.2) is 6.10 Å². The van der Waals surface area contributed by atoms with E-state index in [2.05, 4.69) is 0 Å². The number of carbonyl (C=O) groups is 1. The van der Waals surface area contributed by atoms with Gasteiger partial charge in [-0.05, 0) is 57.2 Å². The number of carbonyl (C=O) groups excluding carboxylic acids is 1. The first kappa shape index (κ1) is 18.5. The Bertz CT molecular complexity index is 838. The Labute approximate surface area is 152 Å². The maximum Gasteiger partial charge on any atom is 0.347 e. The maximum absolute atomic E-state index is 12.2. The van der Waals surface area contributed by atoms with Gasteiger partial charge in [-0.25, -0.2) is 9.59 Å². The van der Waals surface area contributed by atoms with Gasteiger partial charge < -0.3 is 18.6 Å². The van der Waals surface area contributed by atoms with E-state index in [4.69, 9.17) is 18.6 Å². The number of benzene rings is 1. The van der Waals surface area contributed by atoms with Crippen LogP contribution in [0.1, 0.15) is 37.8 Å². The summed E-state index contributed by atoms with van der Waals surface area (Å²) in [7, 11) is 0. The fourth-order valence-corrected chi connectivity index (χ4v) is 3.21. The average Bonchev–Trinajstić information content (AvgIpc) is 2.65. The monoisotopic (exact) mass is 360 g/mol.